The number of hydrogen-bond acceptors (Lipinski definition) is 3. The minimum atomic E-state index is -0.826. The maximum atomic E-state index is 12.3. The largest absolute Gasteiger partial charge is 0.480 e. The van der Waals surface area contributed by atoms with Gasteiger partial charge in [0.05, 0.1) is 0 Å². The van der Waals surface area contributed by atoms with Crippen molar-refractivity contribution in [3.63, 3.8) is 0 Å². The summed E-state index contributed by atoms with van der Waals surface area (Å²) in [6.45, 7) is 4.02. The predicted octanol–water partition coefficient (Wildman–Crippen LogP) is 2.88. The fourth-order valence-electron chi connectivity index (χ4n) is 5.11. The number of carboxylic acids is 1. The van der Waals surface area contributed by atoms with Crippen LogP contribution < -0.4 is 5.56 Å². The average Bonchev–Trinajstić information content (AvgIpc) is 3.05. The quantitative estimate of drug-likeness (QED) is 0.736. The van der Waals surface area contributed by atoms with Crippen LogP contribution in [-0.4, -0.2) is 38.6 Å². The number of aryl methyl sites for hydroxylation is 1. The number of hydrogen-bond donors (Lipinski definition) is 2. The molecule has 6 nitrogen and oxygen atoms in total. The van der Waals surface area contributed by atoms with Crippen molar-refractivity contribution in [2.24, 2.45) is 5.92 Å². The molecule has 3 atom stereocenters. The lowest BCUT2D eigenvalue weighted by Crippen LogP contribution is -2.49. The molecular weight excluding hydrogens is 354 g/mol. The highest BCUT2D eigenvalue weighted by Gasteiger charge is 2.40. The zero-order valence-corrected chi connectivity index (χ0v) is 15.8. The number of rotatable bonds is 3. The molecule has 1 fully saturated rings. The smallest absolute Gasteiger partial charge is 0.325 e. The molecule has 0 saturated carbocycles. The van der Waals surface area contributed by atoms with E-state index in [2.05, 4.69) is 16.0 Å². The van der Waals surface area contributed by atoms with Crippen molar-refractivity contribution < 1.29 is 9.90 Å². The molecule has 1 aromatic carbocycles. The molecule has 28 heavy (non-hydrogen) atoms. The number of carboxylic acid groups (broad SMARTS) is 1. The molecule has 0 aliphatic carbocycles. The first-order valence-corrected chi connectivity index (χ1v) is 9.75. The number of H-pyrrole nitrogens is 1. The Balaban J connectivity index is 1.55. The van der Waals surface area contributed by atoms with Gasteiger partial charge in [-0.2, -0.15) is 0 Å². The summed E-state index contributed by atoms with van der Waals surface area (Å²) in [6.07, 6.45) is 2.85. The molecule has 6 heteroatoms. The summed E-state index contributed by atoms with van der Waals surface area (Å²) in [4.78, 5) is 29.9. The highest BCUT2D eigenvalue weighted by atomic mass is 16.4. The Kier molecular flexibility index (Phi) is 3.91. The number of aliphatic carboxylic acids is 1. The standard InChI is InChI=1S/C22H23N3O3/c1-13-5-6-18-16(7-13)17(9-23-18)21(22(27)28)24-10-14-8-15(12-24)19-3-2-4-20(26)25(19)11-14/h2-7,9,14-15,21,23H,8,10-12H2,1H3,(H,27,28)/t14-,15-,21?/m0/s1. The van der Waals surface area contributed by atoms with E-state index in [1.165, 1.54) is 0 Å². The first-order chi connectivity index (χ1) is 13.5. The van der Waals surface area contributed by atoms with Gasteiger partial charge in [-0.1, -0.05) is 17.7 Å². The van der Waals surface area contributed by atoms with Crippen LogP contribution in [-0.2, 0) is 11.3 Å². The molecule has 2 bridgehead atoms. The molecule has 3 aromatic rings. The lowest BCUT2D eigenvalue weighted by atomic mass is 9.82. The Labute approximate surface area is 162 Å². The third-order valence-corrected chi connectivity index (χ3v) is 6.27. The van der Waals surface area contributed by atoms with Crippen molar-refractivity contribution in [1.82, 2.24) is 14.5 Å². The van der Waals surface area contributed by atoms with E-state index in [9.17, 15) is 14.7 Å². The van der Waals surface area contributed by atoms with Crippen LogP contribution in [0.2, 0.25) is 0 Å². The van der Waals surface area contributed by atoms with Crippen molar-refractivity contribution in [2.45, 2.75) is 31.8 Å². The Morgan fingerprint density at radius 1 is 1.21 bits per heavy atom. The van der Waals surface area contributed by atoms with Crippen molar-refractivity contribution in [2.75, 3.05) is 13.1 Å². The number of piperidine rings is 1. The number of carbonyl (C=O) groups is 1. The number of nitrogens with one attached hydrogen (secondary N) is 1. The Morgan fingerprint density at radius 2 is 2.07 bits per heavy atom. The number of benzene rings is 1. The summed E-state index contributed by atoms with van der Waals surface area (Å²) < 4.78 is 1.88. The van der Waals surface area contributed by atoms with E-state index in [0.29, 0.717) is 25.6 Å². The summed E-state index contributed by atoms with van der Waals surface area (Å²) >= 11 is 0. The Bertz CT molecular complexity index is 1130. The normalized spacial score (nSPS) is 22.8. The van der Waals surface area contributed by atoms with E-state index in [1.54, 1.807) is 6.07 Å². The van der Waals surface area contributed by atoms with E-state index in [0.717, 1.165) is 34.1 Å². The molecule has 1 unspecified atom stereocenters. The van der Waals surface area contributed by atoms with Crippen LogP contribution in [0, 0.1) is 12.8 Å². The van der Waals surface area contributed by atoms with Crippen LogP contribution >= 0.6 is 0 Å². The molecule has 2 aliphatic heterocycles. The van der Waals surface area contributed by atoms with Crippen molar-refractivity contribution >= 4 is 16.9 Å². The first kappa shape index (κ1) is 17.3. The van der Waals surface area contributed by atoms with Gasteiger partial charge in [-0.25, -0.2) is 0 Å². The van der Waals surface area contributed by atoms with Crippen LogP contribution in [0.25, 0.3) is 10.9 Å². The SMILES string of the molecule is Cc1ccc2[nH]cc(C(C(=O)O)N3C[C@@H]4C[C@@H](C3)c3cccc(=O)n3C4)c2c1. The summed E-state index contributed by atoms with van der Waals surface area (Å²) in [7, 11) is 0. The van der Waals surface area contributed by atoms with E-state index in [1.807, 2.05) is 42.0 Å². The van der Waals surface area contributed by atoms with E-state index < -0.39 is 12.0 Å². The fraction of sp³-hybridized carbons (Fsp3) is 0.364. The monoisotopic (exact) mass is 377 g/mol. The number of likely N-dealkylation sites (tertiary alicyclic amines) is 1. The fourth-order valence-corrected chi connectivity index (χ4v) is 5.11. The molecule has 4 heterocycles. The third-order valence-electron chi connectivity index (χ3n) is 6.27. The van der Waals surface area contributed by atoms with Gasteiger partial charge < -0.3 is 14.7 Å². The molecule has 2 aliphatic rings. The summed E-state index contributed by atoms with van der Waals surface area (Å²) in [6, 6.07) is 10.8. The topological polar surface area (TPSA) is 78.3 Å². The van der Waals surface area contributed by atoms with Gasteiger partial charge in [0.1, 0.15) is 6.04 Å². The van der Waals surface area contributed by atoms with Gasteiger partial charge in [-0.3, -0.25) is 14.5 Å². The number of aromatic nitrogens is 2. The number of nitrogens with zero attached hydrogens (tertiary/aromatic N) is 2. The van der Waals surface area contributed by atoms with Gasteiger partial charge in [0.25, 0.3) is 5.56 Å². The maximum absolute atomic E-state index is 12.3. The highest BCUT2D eigenvalue weighted by Crippen LogP contribution is 2.39. The third kappa shape index (κ3) is 2.67. The zero-order chi connectivity index (χ0) is 19.4. The van der Waals surface area contributed by atoms with Gasteiger partial charge in [0.2, 0.25) is 0 Å². The molecule has 5 rings (SSSR count). The van der Waals surface area contributed by atoms with Crippen LogP contribution in [0.4, 0.5) is 0 Å². The molecular formula is C22H23N3O3. The summed E-state index contributed by atoms with van der Waals surface area (Å²) in [5.74, 6) is -0.344. The van der Waals surface area contributed by atoms with E-state index in [-0.39, 0.29) is 11.5 Å². The molecule has 0 spiro atoms. The van der Waals surface area contributed by atoms with Crippen molar-refractivity contribution in [3.8, 4) is 0 Å². The first-order valence-electron chi connectivity index (χ1n) is 9.75. The average molecular weight is 377 g/mol. The maximum Gasteiger partial charge on any atom is 0.325 e. The van der Waals surface area contributed by atoms with Crippen molar-refractivity contribution in [3.05, 3.63) is 69.8 Å². The van der Waals surface area contributed by atoms with E-state index in [4.69, 9.17) is 0 Å². The zero-order valence-electron chi connectivity index (χ0n) is 15.8. The second-order valence-electron chi connectivity index (χ2n) is 8.19. The molecule has 0 amide bonds. The lowest BCUT2D eigenvalue weighted by molar-refractivity contribution is -0.144. The molecule has 1 saturated heterocycles. The van der Waals surface area contributed by atoms with E-state index >= 15 is 0 Å². The molecule has 2 aromatic heterocycles. The minimum absolute atomic E-state index is 0.0440. The van der Waals surface area contributed by atoms with Gasteiger partial charge in [-0.15, -0.1) is 0 Å². The van der Waals surface area contributed by atoms with Crippen LogP contribution in [0.3, 0.4) is 0 Å². The van der Waals surface area contributed by atoms with Crippen LogP contribution in [0.5, 0.6) is 0 Å². The van der Waals surface area contributed by atoms with Crippen molar-refractivity contribution in [1.29, 1.82) is 0 Å². The minimum Gasteiger partial charge on any atom is -0.480 e. The van der Waals surface area contributed by atoms with Gasteiger partial charge in [0, 0.05) is 60.0 Å². The second-order valence-corrected chi connectivity index (χ2v) is 8.19. The predicted molar refractivity (Wildman–Crippen MR) is 107 cm³/mol. The van der Waals surface area contributed by atoms with Gasteiger partial charge in [0.15, 0.2) is 0 Å². The Hall–Kier alpha value is -2.86. The molecule has 144 valence electrons. The lowest BCUT2D eigenvalue weighted by Gasteiger charge is -2.44. The molecule has 0 radical (unpaired) electrons. The highest BCUT2D eigenvalue weighted by molar-refractivity contribution is 5.89. The van der Waals surface area contributed by atoms with Gasteiger partial charge in [-0.05, 0) is 37.5 Å². The number of aromatic amines is 1. The summed E-state index contributed by atoms with van der Waals surface area (Å²) in [5, 5.41) is 11.1. The number of fused-ring (bicyclic) bond motifs is 5. The molecule has 2 N–H and O–H groups in total. The van der Waals surface area contributed by atoms with Crippen LogP contribution in [0.15, 0.2) is 47.4 Å². The number of pyridine rings is 1. The summed E-state index contributed by atoms with van der Waals surface area (Å²) in [5.41, 5.74) is 3.97. The van der Waals surface area contributed by atoms with Crippen LogP contribution in [0.1, 0.15) is 35.2 Å². The van der Waals surface area contributed by atoms with Gasteiger partial charge >= 0.3 is 5.97 Å². The second kappa shape index (κ2) is 6.34. The Morgan fingerprint density at radius 3 is 2.89 bits per heavy atom.